The van der Waals surface area contributed by atoms with Gasteiger partial charge in [0.25, 0.3) is 0 Å². The molecular weight excluding hydrogens is 334 g/mol. The first-order chi connectivity index (χ1) is 13.3. The summed E-state index contributed by atoms with van der Waals surface area (Å²) in [4.78, 5) is 17.0. The third kappa shape index (κ3) is 4.73. The Morgan fingerprint density at radius 3 is 2.07 bits per heavy atom. The molecular formula is C23H23N3O. The Hall–Kier alpha value is -3.14. The number of benzene rings is 2. The molecule has 0 bridgehead atoms. The number of carbonyl (C=O) groups excluding carboxylic acids is 1. The van der Waals surface area contributed by atoms with Crippen LogP contribution in [0.4, 0.5) is 11.5 Å². The topological polar surface area (TPSA) is 54.0 Å². The van der Waals surface area contributed by atoms with E-state index in [0.717, 1.165) is 16.8 Å². The summed E-state index contributed by atoms with van der Waals surface area (Å²) >= 11 is 0. The summed E-state index contributed by atoms with van der Waals surface area (Å²) in [5.74, 6) is 0.563. The molecule has 4 heteroatoms. The molecule has 136 valence electrons. The van der Waals surface area contributed by atoms with Gasteiger partial charge in [-0.15, -0.1) is 0 Å². The summed E-state index contributed by atoms with van der Waals surface area (Å²) in [6, 6.07) is 24.7. The van der Waals surface area contributed by atoms with Gasteiger partial charge in [0.05, 0.1) is 11.9 Å². The molecule has 1 heterocycles. The molecule has 2 N–H and O–H groups in total. The zero-order valence-corrected chi connectivity index (χ0v) is 15.1. The summed E-state index contributed by atoms with van der Waals surface area (Å²) in [5, 5.41) is 6.33. The van der Waals surface area contributed by atoms with Gasteiger partial charge in [-0.1, -0.05) is 60.7 Å². The zero-order valence-electron chi connectivity index (χ0n) is 15.1. The van der Waals surface area contributed by atoms with Crippen molar-refractivity contribution < 1.29 is 4.79 Å². The number of nitrogens with one attached hydrogen (secondary N) is 2. The first kappa shape index (κ1) is 17.3. The molecule has 0 aliphatic heterocycles. The Morgan fingerprint density at radius 2 is 1.56 bits per heavy atom. The highest BCUT2D eigenvalue weighted by molar-refractivity contribution is 5.90. The third-order valence-electron chi connectivity index (χ3n) is 4.77. The van der Waals surface area contributed by atoms with Crippen molar-refractivity contribution in [2.75, 3.05) is 10.6 Å². The van der Waals surface area contributed by atoms with Gasteiger partial charge in [0.15, 0.2) is 0 Å². The molecule has 0 atom stereocenters. The van der Waals surface area contributed by atoms with Gasteiger partial charge in [0, 0.05) is 18.4 Å². The Bertz CT molecular complexity index is 835. The molecule has 1 aliphatic carbocycles. The number of hydrogen-bond acceptors (Lipinski definition) is 3. The minimum absolute atomic E-state index is 0.0169. The lowest BCUT2D eigenvalue weighted by Gasteiger charge is -2.18. The molecule has 0 radical (unpaired) electrons. The molecule has 3 aromatic rings. The molecule has 1 aromatic heterocycles. The number of amides is 1. The van der Waals surface area contributed by atoms with Crippen molar-refractivity contribution in [2.45, 2.75) is 31.2 Å². The lowest BCUT2D eigenvalue weighted by atomic mass is 9.88. The second-order valence-electron chi connectivity index (χ2n) is 6.98. The normalized spacial score (nSPS) is 13.4. The first-order valence-corrected chi connectivity index (χ1v) is 9.40. The Balaban J connectivity index is 1.45. The van der Waals surface area contributed by atoms with Gasteiger partial charge in [-0.25, -0.2) is 4.98 Å². The average molecular weight is 357 g/mol. The molecule has 0 saturated heterocycles. The lowest BCUT2D eigenvalue weighted by molar-refractivity contribution is -0.116. The SMILES string of the molecule is O=C(CC(c1ccccc1)c1ccccc1)Nc1ccc(NC2CC2)cn1. The van der Waals surface area contributed by atoms with E-state index in [0.29, 0.717) is 18.3 Å². The maximum absolute atomic E-state index is 12.7. The predicted octanol–water partition coefficient (Wildman–Crippen LogP) is 4.82. The van der Waals surface area contributed by atoms with Gasteiger partial charge >= 0.3 is 0 Å². The smallest absolute Gasteiger partial charge is 0.226 e. The third-order valence-corrected chi connectivity index (χ3v) is 4.77. The summed E-state index contributed by atoms with van der Waals surface area (Å²) in [5.41, 5.74) is 3.27. The van der Waals surface area contributed by atoms with Gasteiger partial charge < -0.3 is 10.6 Å². The van der Waals surface area contributed by atoms with Crippen molar-refractivity contribution in [3.8, 4) is 0 Å². The molecule has 1 fully saturated rings. The van der Waals surface area contributed by atoms with E-state index in [2.05, 4.69) is 39.9 Å². The van der Waals surface area contributed by atoms with E-state index in [-0.39, 0.29) is 11.8 Å². The van der Waals surface area contributed by atoms with Crippen LogP contribution in [0.15, 0.2) is 79.0 Å². The van der Waals surface area contributed by atoms with Crippen LogP contribution >= 0.6 is 0 Å². The summed E-state index contributed by atoms with van der Waals surface area (Å²) in [6.07, 6.45) is 4.59. The van der Waals surface area contributed by atoms with Crippen molar-refractivity contribution in [3.05, 3.63) is 90.1 Å². The van der Waals surface area contributed by atoms with Crippen LogP contribution in [0.5, 0.6) is 0 Å². The Morgan fingerprint density at radius 1 is 0.926 bits per heavy atom. The average Bonchev–Trinajstić information content (AvgIpc) is 3.53. The van der Waals surface area contributed by atoms with E-state index >= 15 is 0 Å². The molecule has 2 aromatic carbocycles. The predicted molar refractivity (Wildman–Crippen MR) is 109 cm³/mol. The fraction of sp³-hybridized carbons (Fsp3) is 0.217. The van der Waals surface area contributed by atoms with E-state index in [1.165, 1.54) is 12.8 Å². The van der Waals surface area contributed by atoms with E-state index in [1.54, 1.807) is 6.20 Å². The van der Waals surface area contributed by atoms with Crippen molar-refractivity contribution in [1.29, 1.82) is 0 Å². The number of carbonyl (C=O) groups is 1. The number of aromatic nitrogens is 1. The fourth-order valence-electron chi connectivity index (χ4n) is 3.19. The highest BCUT2D eigenvalue weighted by atomic mass is 16.1. The number of hydrogen-bond donors (Lipinski definition) is 2. The number of rotatable bonds is 7. The van der Waals surface area contributed by atoms with Crippen molar-refractivity contribution in [2.24, 2.45) is 0 Å². The molecule has 1 aliphatic rings. The van der Waals surface area contributed by atoms with E-state index < -0.39 is 0 Å². The summed E-state index contributed by atoms with van der Waals surface area (Å²) in [6.45, 7) is 0. The lowest BCUT2D eigenvalue weighted by Crippen LogP contribution is -2.17. The van der Waals surface area contributed by atoms with Crippen LogP contribution in [0, 0.1) is 0 Å². The van der Waals surface area contributed by atoms with E-state index in [1.807, 2.05) is 48.5 Å². The maximum Gasteiger partial charge on any atom is 0.226 e. The van der Waals surface area contributed by atoms with Crippen LogP contribution in [-0.4, -0.2) is 16.9 Å². The highest BCUT2D eigenvalue weighted by Gasteiger charge is 2.21. The molecule has 4 rings (SSSR count). The molecule has 1 saturated carbocycles. The van der Waals surface area contributed by atoms with Gasteiger partial charge in [-0.05, 0) is 36.1 Å². The molecule has 27 heavy (non-hydrogen) atoms. The van der Waals surface area contributed by atoms with Gasteiger partial charge in [0.1, 0.15) is 5.82 Å². The Kier molecular flexibility index (Phi) is 5.15. The number of nitrogens with zero attached hydrogens (tertiary/aromatic N) is 1. The number of pyridine rings is 1. The van der Waals surface area contributed by atoms with Crippen molar-refractivity contribution in [3.63, 3.8) is 0 Å². The molecule has 0 unspecified atom stereocenters. The summed E-state index contributed by atoms with van der Waals surface area (Å²) < 4.78 is 0. The van der Waals surface area contributed by atoms with Crippen molar-refractivity contribution >= 4 is 17.4 Å². The van der Waals surface area contributed by atoms with E-state index in [4.69, 9.17) is 0 Å². The van der Waals surface area contributed by atoms with Crippen LogP contribution in [0.25, 0.3) is 0 Å². The Labute approximate surface area is 159 Å². The van der Waals surface area contributed by atoms with E-state index in [9.17, 15) is 4.79 Å². The van der Waals surface area contributed by atoms with Crippen LogP contribution < -0.4 is 10.6 Å². The largest absolute Gasteiger partial charge is 0.381 e. The minimum atomic E-state index is -0.0388. The maximum atomic E-state index is 12.7. The molecule has 4 nitrogen and oxygen atoms in total. The van der Waals surface area contributed by atoms with Crippen LogP contribution in [0.2, 0.25) is 0 Å². The monoisotopic (exact) mass is 357 g/mol. The minimum Gasteiger partial charge on any atom is -0.381 e. The second kappa shape index (κ2) is 8.04. The first-order valence-electron chi connectivity index (χ1n) is 9.40. The molecule has 1 amide bonds. The van der Waals surface area contributed by atoms with Crippen molar-refractivity contribution in [1.82, 2.24) is 4.98 Å². The van der Waals surface area contributed by atoms with Crippen LogP contribution in [-0.2, 0) is 4.79 Å². The standard InChI is InChI=1S/C23H23N3O/c27-23(26-22-14-13-20(16-24-22)25-19-11-12-19)15-21(17-7-3-1-4-8-17)18-9-5-2-6-10-18/h1-10,13-14,16,19,21,25H,11-12,15H2,(H,24,26,27). The van der Waals surface area contributed by atoms with Crippen LogP contribution in [0.1, 0.15) is 36.3 Å². The molecule has 0 spiro atoms. The van der Waals surface area contributed by atoms with Gasteiger partial charge in [0.2, 0.25) is 5.91 Å². The van der Waals surface area contributed by atoms with Crippen LogP contribution in [0.3, 0.4) is 0 Å². The quantitative estimate of drug-likeness (QED) is 0.637. The van der Waals surface area contributed by atoms with Gasteiger partial charge in [-0.3, -0.25) is 4.79 Å². The highest BCUT2D eigenvalue weighted by Crippen LogP contribution is 2.28. The zero-order chi connectivity index (χ0) is 18.5. The summed E-state index contributed by atoms with van der Waals surface area (Å²) in [7, 11) is 0. The second-order valence-corrected chi connectivity index (χ2v) is 6.98. The fourth-order valence-corrected chi connectivity index (χ4v) is 3.19. The number of anilines is 2. The van der Waals surface area contributed by atoms with Gasteiger partial charge in [-0.2, -0.15) is 0 Å².